The van der Waals surface area contributed by atoms with E-state index in [0.29, 0.717) is 25.8 Å². The molecule has 1 aliphatic rings. The monoisotopic (exact) mass is 383 g/mol. The number of carbonyl (C=O) groups is 3. The summed E-state index contributed by atoms with van der Waals surface area (Å²) in [4.78, 5) is 37.4. The van der Waals surface area contributed by atoms with Crippen molar-refractivity contribution in [3.63, 3.8) is 0 Å². The van der Waals surface area contributed by atoms with Gasteiger partial charge in [0.25, 0.3) is 0 Å². The molecule has 0 unspecified atom stereocenters. The van der Waals surface area contributed by atoms with Gasteiger partial charge in [0.1, 0.15) is 0 Å². The average Bonchev–Trinajstić information content (AvgIpc) is 2.70. The number of benzene rings is 1. The van der Waals surface area contributed by atoms with E-state index in [-0.39, 0.29) is 23.7 Å². The van der Waals surface area contributed by atoms with Gasteiger partial charge in [-0.25, -0.2) is 0 Å². The van der Waals surface area contributed by atoms with Crippen molar-refractivity contribution in [2.75, 3.05) is 13.7 Å². The third kappa shape index (κ3) is 7.51. The van der Waals surface area contributed by atoms with Gasteiger partial charge >= 0.3 is 5.97 Å². The Morgan fingerprint density at radius 1 is 1.21 bits per heavy atom. The van der Waals surface area contributed by atoms with E-state index in [9.17, 15) is 14.4 Å². The first kappa shape index (κ1) is 21.6. The summed E-state index contributed by atoms with van der Waals surface area (Å²) >= 11 is 0. The molecular weight excluding hydrogens is 354 g/mol. The molecule has 1 aromatic rings. The molecule has 28 heavy (non-hydrogen) atoms. The Balaban J connectivity index is 1.84. The summed E-state index contributed by atoms with van der Waals surface area (Å²) in [6.45, 7) is 0.527. The van der Waals surface area contributed by atoms with Crippen molar-refractivity contribution >= 4 is 17.7 Å². The minimum absolute atomic E-state index is 0.0410. The molecule has 150 valence electrons. The van der Waals surface area contributed by atoms with Gasteiger partial charge in [0.2, 0.25) is 5.91 Å². The summed E-state index contributed by atoms with van der Waals surface area (Å²) in [7, 11) is 1.39. The van der Waals surface area contributed by atoms with Crippen LogP contribution in [0.4, 0.5) is 0 Å². The van der Waals surface area contributed by atoms with Crippen LogP contribution in [0.25, 0.3) is 0 Å². The first-order valence-corrected chi connectivity index (χ1v) is 9.86. The summed E-state index contributed by atoms with van der Waals surface area (Å²) in [6.07, 6.45) is 12.0. The number of unbranched alkanes of at least 4 members (excludes halogenated alkanes) is 1. The predicted molar refractivity (Wildman–Crippen MR) is 109 cm³/mol. The Bertz CT molecular complexity index is 709. The number of ether oxygens (including phenoxy) is 1. The lowest BCUT2D eigenvalue weighted by Gasteiger charge is -2.33. The second-order valence-electron chi connectivity index (χ2n) is 6.93. The summed E-state index contributed by atoms with van der Waals surface area (Å²) in [5.74, 6) is -0.0388. The Morgan fingerprint density at radius 3 is 2.75 bits per heavy atom. The molecule has 1 fully saturated rings. The van der Waals surface area contributed by atoms with E-state index in [1.54, 1.807) is 6.08 Å². The number of carbonyl (C=O) groups excluding carboxylic acids is 3. The number of esters is 1. The van der Waals surface area contributed by atoms with E-state index in [0.717, 1.165) is 31.2 Å². The highest BCUT2D eigenvalue weighted by Gasteiger charge is 2.25. The van der Waals surface area contributed by atoms with Crippen LogP contribution in [0.3, 0.4) is 0 Å². The first-order valence-electron chi connectivity index (χ1n) is 9.86. The largest absolute Gasteiger partial charge is 0.469 e. The zero-order chi connectivity index (χ0) is 20.2. The van der Waals surface area contributed by atoms with Crippen LogP contribution in [0, 0.1) is 0 Å². The van der Waals surface area contributed by atoms with E-state index >= 15 is 0 Å². The predicted octanol–water partition coefficient (Wildman–Crippen LogP) is 3.64. The lowest BCUT2D eigenvalue weighted by Crippen LogP contribution is -2.42. The van der Waals surface area contributed by atoms with Crippen LogP contribution in [0.1, 0.15) is 44.1 Å². The molecule has 0 radical (unpaired) electrons. The molecule has 5 nitrogen and oxygen atoms in total. The molecule has 1 atom stereocenters. The van der Waals surface area contributed by atoms with Gasteiger partial charge < -0.3 is 9.64 Å². The normalized spacial score (nSPS) is 17.4. The van der Waals surface area contributed by atoms with Gasteiger partial charge in [-0.15, -0.1) is 0 Å². The van der Waals surface area contributed by atoms with E-state index in [4.69, 9.17) is 0 Å². The van der Waals surface area contributed by atoms with E-state index in [1.165, 1.54) is 7.11 Å². The number of amides is 1. The Hall–Kier alpha value is -2.69. The molecule has 0 N–H and O–H groups in total. The van der Waals surface area contributed by atoms with Crippen molar-refractivity contribution in [2.24, 2.45) is 0 Å². The number of rotatable bonds is 10. The molecule has 0 spiro atoms. The van der Waals surface area contributed by atoms with Gasteiger partial charge in [0.05, 0.1) is 13.2 Å². The lowest BCUT2D eigenvalue weighted by atomic mass is 10.00. The number of hydrogen-bond donors (Lipinski definition) is 0. The number of methoxy groups -OCH3 is 1. The third-order valence-electron chi connectivity index (χ3n) is 4.78. The van der Waals surface area contributed by atoms with Gasteiger partial charge in [0, 0.05) is 25.8 Å². The van der Waals surface area contributed by atoms with Crippen molar-refractivity contribution in [3.05, 3.63) is 60.2 Å². The Labute approximate surface area is 167 Å². The number of nitrogens with zero attached hydrogens (tertiary/aromatic N) is 1. The fourth-order valence-electron chi connectivity index (χ4n) is 3.23. The first-order chi connectivity index (χ1) is 13.6. The quantitative estimate of drug-likeness (QED) is 0.268. The third-order valence-corrected chi connectivity index (χ3v) is 4.78. The minimum atomic E-state index is -0.204. The fourth-order valence-corrected chi connectivity index (χ4v) is 3.23. The maximum absolute atomic E-state index is 12.3. The van der Waals surface area contributed by atoms with Crippen LogP contribution in [0.15, 0.2) is 54.6 Å². The highest BCUT2D eigenvalue weighted by Crippen LogP contribution is 2.19. The number of likely N-dealkylation sites (tertiary alicyclic amines) is 1. The molecule has 1 amide bonds. The summed E-state index contributed by atoms with van der Waals surface area (Å²) in [6, 6.07) is 9.61. The highest BCUT2D eigenvalue weighted by molar-refractivity contribution is 5.91. The van der Waals surface area contributed by atoms with Crippen molar-refractivity contribution in [1.82, 2.24) is 4.90 Å². The molecule has 0 bridgehead atoms. The average molecular weight is 383 g/mol. The summed E-state index contributed by atoms with van der Waals surface area (Å²) < 4.78 is 4.61. The molecular formula is C23H29NO4. The van der Waals surface area contributed by atoms with Gasteiger partial charge in [0.15, 0.2) is 5.78 Å². The zero-order valence-electron chi connectivity index (χ0n) is 16.5. The molecule has 0 saturated carbocycles. The van der Waals surface area contributed by atoms with E-state index in [1.807, 2.05) is 53.5 Å². The molecule has 2 rings (SSSR count). The van der Waals surface area contributed by atoms with Crippen molar-refractivity contribution in [2.45, 2.75) is 51.0 Å². The van der Waals surface area contributed by atoms with Crippen molar-refractivity contribution in [3.8, 4) is 0 Å². The maximum atomic E-state index is 12.3. The van der Waals surface area contributed by atoms with Crippen LogP contribution in [-0.4, -0.2) is 42.3 Å². The second kappa shape index (κ2) is 11.9. The number of allylic oxidation sites excluding steroid dienone is 2. The standard InChI is InChI=1S/C23H29NO4/c1-28-23(27)14-7-2-3-8-17-24-20(12-9-13-22(24)26)15-16-21(25)18-19-10-5-4-6-11-19/h3-6,8,10-11,15-16,20H,2,7,9,12-14,17-18H2,1H3/b8-3+,16-15+/t20-/m1/s1. The highest BCUT2D eigenvalue weighted by atomic mass is 16.5. The van der Waals surface area contributed by atoms with Crippen LogP contribution in [-0.2, 0) is 25.5 Å². The van der Waals surface area contributed by atoms with Crippen LogP contribution in [0.5, 0.6) is 0 Å². The molecule has 0 aromatic heterocycles. The summed E-state index contributed by atoms with van der Waals surface area (Å²) in [5, 5.41) is 0. The molecule has 1 aliphatic heterocycles. The molecule has 1 heterocycles. The lowest BCUT2D eigenvalue weighted by molar-refractivity contribution is -0.140. The molecule has 5 heteroatoms. The van der Waals surface area contributed by atoms with Crippen LogP contribution >= 0.6 is 0 Å². The summed E-state index contributed by atoms with van der Waals surface area (Å²) in [5.41, 5.74) is 0.989. The number of piperidine rings is 1. The van der Waals surface area contributed by atoms with Crippen molar-refractivity contribution in [1.29, 1.82) is 0 Å². The van der Waals surface area contributed by atoms with Crippen LogP contribution in [0.2, 0.25) is 0 Å². The number of ketones is 1. The zero-order valence-corrected chi connectivity index (χ0v) is 16.5. The van der Waals surface area contributed by atoms with E-state index in [2.05, 4.69) is 4.74 Å². The second-order valence-corrected chi connectivity index (χ2v) is 6.93. The SMILES string of the molecule is COC(=O)CCC/C=C/CN1C(=O)CCC[C@@H]1/C=C/C(=O)Cc1ccccc1. The fraction of sp³-hybridized carbons (Fsp3) is 0.435. The van der Waals surface area contributed by atoms with E-state index < -0.39 is 0 Å². The van der Waals surface area contributed by atoms with Gasteiger partial charge in [-0.3, -0.25) is 14.4 Å². The van der Waals surface area contributed by atoms with Crippen molar-refractivity contribution < 1.29 is 19.1 Å². The topological polar surface area (TPSA) is 63.7 Å². The Kier molecular flexibility index (Phi) is 9.19. The Morgan fingerprint density at radius 2 is 2.00 bits per heavy atom. The van der Waals surface area contributed by atoms with Gasteiger partial charge in [-0.2, -0.15) is 0 Å². The maximum Gasteiger partial charge on any atom is 0.305 e. The molecule has 1 aromatic carbocycles. The van der Waals surface area contributed by atoms with Gasteiger partial charge in [-0.05, 0) is 37.3 Å². The number of hydrogen-bond acceptors (Lipinski definition) is 4. The van der Waals surface area contributed by atoms with Crippen LogP contribution < -0.4 is 0 Å². The molecule has 0 aliphatic carbocycles. The molecule has 1 saturated heterocycles. The minimum Gasteiger partial charge on any atom is -0.469 e. The smallest absolute Gasteiger partial charge is 0.305 e. The van der Waals surface area contributed by atoms with Gasteiger partial charge in [-0.1, -0.05) is 48.6 Å².